The lowest BCUT2D eigenvalue weighted by atomic mass is 9.99. The van der Waals surface area contributed by atoms with Gasteiger partial charge in [-0.05, 0) is 53.9 Å². The normalized spacial score (nSPS) is 13.0. The summed E-state index contributed by atoms with van der Waals surface area (Å²) in [5, 5.41) is 16.0. The number of pyridine rings is 1. The number of hydrogen-bond donors (Lipinski definition) is 2. The van der Waals surface area contributed by atoms with Gasteiger partial charge in [-0.3, -0.25) is 14.4 Å². The zero-order valence-electron chi connectivity index (χ0n) is 23.7. The summed E-state index contributed by atoms with van der Waals surface area (Å²) in [7, 11) is 3.34. The van der Waals surface area contributed by atoms with E-state index in [0.29, 0.717) is 17.9 Å². The van der Waals surface area contributed by atoms with E-state index in [2.05, 4.69) is 43.0 Å². The number of anilines is 2. The second-order valence-electron chi connectivity index (χ2n) is 10.2. The highest BCUT2D eigenvalue weighted by molar-refractivity contribution is 6.05. The molecule has 3 heterocycles. The van der Waals surface area contributed by atoms with E-state index in [1.54, 1.807) is 20.3 Å². The molecule has 10 nitrogen and oxygen atoms in total. The zero-order valence-corrected chi connectivity index (χ0v) is 23.7. The van der Waals surface area contributed by atoms with E-state index < -0.39 is 0 Å². The summed E-state index contributed by atoms with van der Waals surface area (Å²) in [5.41, 5.74) is 6.00. The zero-order chi connectivity index (χ0) is 28.9. The molecule has 0 aliphatic carbocycles. The number of carbonyl (C=O) groups excluding carboxylic acids is 1. The van der Waals surface area contributed by atoms with Crippen LogP contribution in [-0.4, -0.2) is 58.1 Å². The van der Waals surface area contributed by atoms with E-state index in [9.17, 15) is 4.79 Å². The third-order valence-corrected chi connectivity index (χ3v) is 7.49. The fourth-order valence-electron chi connectivity index (χ4n) is 5.22. The van der Waals surface area contributed by atoms with Crippen LogP contribution in [0, 0.1) is 0 Å². The van der Waals surface area contributed by atoms with E-state index in [1.807, 2.05) is 65.5 Å². The Bertz CT molecular complexity index is 1720. The molecule has 5 aromatic rings. The second kappa shape index (κ2) is 12.3. The number of nitrogens with one attached hydrogen (secondary N) is 2. The first-order valence-corrected chi connectivity index (χ1v) is 13.9. The lowest BCUT2D eigenvalue weighted by Gasteiger charge is -2.29. The Labute approximate surface area is 244 Å². The number of carbonyl (C=O) groups is 1. The van der Waals surface area contributed by atoms with Crippen LogP contribution in [0.25, 0.3) is 10.9 Å². The number of aromatic nitrogens is 4. The molecule has 3 aromatic carbocycles. The summed E-state index contributed by atoms with van der Waals surface area (Å²) in [4.78, 5) is 19.9. The van der Waals surface area contributed by atoms with Crippen molar-refractivity contribution in [3.8, 4) is 11.5 Å². The molecule has 2 aromatic heterocycles. The number of fused-ring (bicyclic) bond motifs is 2. The molecular weight excluding hydrogens is 530 g/mol. The van der Waals surface area contributed by atoms with E-state index >= 15 is 0 Å². The Balaban J connectivity index is 1.04. The highest BCUT2D eigenvalue weighted by Gasteiger charge is 2.19. The number of amides is 1. The summed E-state index contributed by atoms with van der Waals surface area (Å²) >= 11 is 0. The van der Waals surface area contributed by atoms with Crippen molar-refractivity contribution >= 4 is 28.2 Å². The molecule has 6 rings (SSSR count). The first kappa shape index (κ1) is 27.2. The van der Waals surface area contributed by atoms with Crippen LogP contribution in [-0.2, 0) is 26.1 Å². The van der Waals surface area contributed by atoms with Crippen LogP contribution in [0.2, 0.25) is 0 Å². The van der Waals surface area contributed by atoms with Crippen molar-refractivity contribution in [2.75, 3.05) is 37.9 Å². The Hall–Kier alpha value is -4.96. The number of methoxy groups -OCH3 is 2. The fourth-order valence-corrected chi connectivity index (χ4v) is 5.22. The van der Waals surface area contributed by atoms with Gasteiger partial charge in [0.15, 0.2) is 11.5 Å². The highest BCUT2D eigenvalue weighted by Crippen LogP contribution is 2.33. The van der Waals surface area contributed by atoms with Crippen molar-refractivity contribution in [3.63, 3.8) is 0 Å². The molecule has 1 aliphatic rings. The Kier molecular flexibility index (Phi) is 7.96. The maximum absolute atomic E-state index is 13.0. The van der Waals surface area contributed by atoms with Gasteiger partial charge < -0.3 is 20.1 Å². The van der Waals surface area contributed by atoms with Crippen LogP contribution >= 0.6 is 0 Å². The van der Waals surface area contributed by atoms with Crippen LogP contribution in [0.3, 0.4) is 0 Å². The van der Waals surface area contributed by atoms with Crippen LogP contribution < -0.4 is 20.1 Å². The molecule has 214 valence electrons. The maximum Gasteiger partial charge on any atom is 0.274 e. The summed E-state index contributed by atoms with van der Waals surface area (Å²) < 4.78 is 12.8. The highest BCUT2D eigenvalue weighted by atomic mass is 16.5. The largest absolute Gasteiger partial charge is 0.493 e. The molecule has 0 atom stereocenters. The van der Waals surface area contributed by atoms with E-state index in [0.717, 1.165) is 66.4 Å². The first-order chi connectivity index (χ1) is 20.6. The van der Waals surface area contributed by atoms with Crippen LogP contribution in [0.5, 0.6) is 11.5 Å². The topological polar surface area (TPSA) is 106 Å². The number of rotatable bonds is 10. The minimum atomic E-state index is -0.265. The minimum Gasteiger partial charge on any atom is -0.493 e. The molecule has 0 fully saturated rings. The number of ether oxygens (including phenoxy) is 2. The van der Waals surface area contributed by atoms with Crippen LogP contribution in [0.1, 0.15) is 27.3 Å². The Morgan fingerprint density at radius 1 is 0.905 bits per heavy atom. The summed E-state index contributed by atoms with van der Waals surface area (Å²) in [6.45, 7) is 3.90. The second-order valence-corrected chi connectivity index (χ2v) is 10.2. The number of para-hydroxylation sites is 3. The van der Waals surface area contributed by atoms with Gasteiger partial charge in [0, 0.05) is 25.0 Å². The average molecular weight is 564 g/mol. The molecule has 1 aliphatic heterocycles. The predicted octanol–water partition coefficient (Wildman–Crippen LogP) is 4.77. The third-order valence-electron chi connectivity index (χ3n) is 7.49. The fraction of sp³-hybridized carbons (Fsp3) is 0.250. The molecule has 0 unspecified atom stereocenters. The quantitative estimate of drug-likeness (QED) is 0.250. The van der Waals surface area contributed by atoms with Gasteiger partial charge in [0.1, 0.15) is 11.4 Å². The number of nitrogens with zero attached hydrogens (tertiary/aromatic N) is 5. The van der Waals surface area contributed by atoms with Gasteiger partial charge in [-0.1, -0.05) is 41.6 Å². The standard InChI is InChI=1S/C32H33N7O3/c1-41-30-17-23-13-14-38(20-24(23)18-31(30)42-2)15-16-39-21-25(36-37-39)19-33-27-9-5-6-10-28(27)35-32(40)29-12-11-22-7-3-4-8-26(22)34-29/h3-12,17-18,21,33H,13-16,19-20H2,1-2H3,(H,35,40). The summed E-state index contributed by atoms with van der Waals surface area (Å²) in [6.07, 6.45) is 2.92. The minimum absolute atomic E-state index is 0.265. The molecule has 0 saturated carbocycles. The molecule has 0 radical (unpaired) electrons. The van der Waals surface area contributed by atoms with Gasteiger partial charge in [-0.15, -0.1) is 5.10 Å². The molecule has 0 saturated heterocycles. The Morgan fingerprint density at radius 3 is 2.50 bits per heavy atom. The summed E-state index contributed by atoms with van der Waals surface area (Å²) in [5.74, 6) is 1.28. The van der Waals surface area contributed by atoms with E-state index in [4.69, 9.17) is 9.47 Å². The first-order valence-electron chi connectivity index (χ1n) is 13.9. The molecule has 1 amide bonds. The lowest BCUT2D eigenvalue weighted by molar-refractivity contribution is 0.102. The van der Waals surface area contributed by atoms with Crippen molar-refractivity contribution < 1.29 is 14.3 Å². The van der Waals surface area contributed by atoms with Crippen molar-refractivity contribution in [1.29, 1.82) is 0 Å². The molecule has 0 bridgehead atoms. The number of benzene rings is 3. The molecule has 0 spiro atoms. The van der Waals surface area contributed by atoms with Crippen LogP contribution in [0.15, 0.2) is 79.0 Å². The predicted molar refractivity (Wildman–Crippen MR) is 162 cm³/mol. The molecular formula is C32H33N7O3. The third kappa shape index (κ3) is 6.03. The van der Waals surface area contributed by atoms with Gasteiger partial charge in [-0.2, -0.15) is 0 Å². The van der Waals surface area contributed by atoms with Crippen molar-refractivity contribution in [2.24, 2.45) is 0 Å². The lowest BCUT2D eigenvalue weighted by Crippen LogP contribution is -2.33. The smallest absolute Gasteiger partial charge is 0.274 e. The number of hydrogen-bond acceptors (Lipinski definition) is 8. The van der Waals surface area contributed by atoms with Gasteiger partial charge in [0.05, 0.1) is 50.4 Å². The average Bonchev–Trinajstić information content (AvgIpc) is 3.50. The van der Waals surface area contributed by atoms with Gasteiger partial charge in [0.25, 0.3) is 5.91 Å². The summed E-state index contributed by atoms with van der Waals surface area (Å²) in [6, 6.07) is 23.1. The van der Waals surface area contributed by atoms with Crippen molar-refractivity contribution in [3.05, 3.63) is 102 Å². The SMILES string of the molecule is COc1cc2c(cc1OC)CN(CCn1cc(CNc3ccccc3NC(=O)c3ccc4ccccc4n3)nn1)CC2. The Morgan fingerprint density at radius 2 is 1.67 bits per heavy atom. The van der Waals surface area contributed by atoms with Crippen LogP contribution in [0.4, 0.5) is 11.4 Å². The van der Waals surface area contributed by atoms with E-state index in [-0.39, 0.29) is 5.91 Å². The van der Waals surface area contributed by atoms with Crippen molar-refractivity contribution in [1.82, 2.24) is 24.9 Å². The maximum atomic E-state index is 13.0. The van der Waals surface area contributed by atoms with Gasteiger partial charge in [0.2, 0.25) is 0 Å². The molecule has 42 heavy (non-hydrogen) atoms. The van der Waals surface area contributed by atoms with Crippen molar-refractivity contribution in [2.45, 2.75) is 26.1 Å². The monoisotopic (exact) mass is 563 g/mol. The van der Waals surface area contributed by atoms with E-state index in [1.165, 1.54) is 11.1 Å². The molecule has 10 heteroatoms. The van der Waals surface area contributed by atoms with Gasteiger partial charge in [-0.25, -0.2) is 4.98 Å². The van der Waals surface area contributed by atoms with Gasteiger partial charge >= 0.3 is 0 Å². The molecule has 2 N–H and O–H groups in total.